The third kappa shape index (κ3) is 3.18. The highest BCUT2D eigenvalue weighted by molar-refractivity contribution is 7.99. The maximum Gasteiger partial charge on any atom is 0.259 e. The van der Waals surface area contributed by atoms with Crippen molar-refractivity contribution in [3.8, 4) is 6.07 Å². The van der Waals surface area contributed by atoms with Gasteiger partial charge in [0.15, 0.2) is 0 Å². The van der Waals surface area contributed by atoms with Gasteiger partial charge in [-0.3, -0.25) is 4.79 Å². The van der Waals surface area contributed by atoms with Gasteiger partial charge in [0.2, 0.25) is 5.16 Å². The number of fused-ring (bicyclic) bond motifs is 1. The largest absolute Gasteiger partial charge is 0.322 e. The molecule has 0 spiro atoms. The van der Waals surface area contributed by atoms with Crippen LogP contribution in [0.3, 0.4) is 0 Å². The van der Waals surface area contributed by atoms with Crippen LogP contribution in [0, 0.1) is 24.1 Å². The number of nitrogens with zero attached hydrogens (tertiary/aromatic N) is 5. The van der Waals surface area contributed by atoms with Crippen LogP contribution in [0.2, 0.25) is 0 Å². The molecule has 0 saturated heterocycles. The molecule has 0 aliphatic heterocycles. The van der Waals surface area contributed by atoms with Crippen molar-refractivity contribution >= 4 is 29.1 Å². The molecular formula is C15H11FN6OS. The van der Waals surface area contributed by atoms with Crippen molar-refractivity contribution in [3.05, 3.63) is 47.5 Å². The van der Waals surface area contributed by atoms with Crippen molar-refractivity contribution in [2.45, 2.75) is 12.1 Å². The second-order valence-electron chi connectivity index (χ2n) is 4.77. The second kappa shape index (κ2) is 6.64. The molecule has 7 nitrogen and oxygen atoms in total. The van der Waals surface area contributed by atoms with Crippen molar-refractivity contribution in [1.82, 2.24) is 19.6 Å². The van der Waals surface area contributed by atoms with Crippen LogP contribution in [0.5, 0.6) is 0 Å². The van der Waals surface area contributed by atoms with Crippen molar-refractivity contribution in [2.75, 3.05) is 11.1 Å². The molecule has 1 N–H and O–H groups in total. The number of hydrogen-bond donors (Lipinski definition) is 1. The minimum atomic E-state index is -0.379. The molecule has 0 saturated carbocycles. The first kappa shape index (κ1) is 15.9. The van der Waals surface area contributed by atoms with E-state index in [1.54, 1.807) is 6.92 Å². The van der Waals surface area contributed by atoms with Gasteiger partial charge in [0.05, 0.1) is 23.1 Å². The van der Waals surface area contributed by atoms with Crippen molar-refractivity contribution in [1.29, 1.82) is 5.26 Å². The second-order valence-corrected chi connectivity index (χ2v) is 5.71. The third-order valence-corrected chi connectivity index (χ3v) is 3.90. The minimum absolute atomic E-state index is 0.230. The number of thioether (sulfide) groups is 1. The monoisotopic (exact) mass is 342 g/mol. The minimum Gasteiger partial charge on any atom is -0.322 e. The number of benzene rings is 1. The molecule has 0 aliphatic carbocycles. The van der Waals surface area contributed by atoms with E-state index >= 15 is 0 Å². The third-order valence-electron chi connectivity index (χ3n) is 3.20. The van der Waals surface area contributed by atoms with Gasteiger partial charge < -0.3 is 5.32 Å². The molecule has 3 aromatic rings. The Balaban J connectivity index is 1.88. The fourth-order valence-corrected chi connectivity index (χ4v) is 2.52. The molecule has 2 heterocycles. The zero-order valence-electron chi connectivity index (χ0n) is 12.5. The lowest BCUT2D eigenvalue weighted by atomic mass is 10.2. The van der Waals surface area contributed by atoms with Crippen LogP contribution in [-0.2, 0) is 0 Å². The van der Waals surface area contributed by atoms with Gasteiger partial charge in [-0.25, -0.2) is 9.37 Å². The van der Waals surface area contributed by atoms with Crippen LogP contribution in [0.4, 0.5) is 10.1 Å². The molecule has 1 amide bonds. The van der Waals surface area contributed by atoms with Gasteiger partial charge in [-0.15, -0.1) is 5.10 Å². The molecular weight excluding hydrogens is 331 g/mol. The summed E-state index contributed by atoms with van der Waals surface area (Å²) in [6.07, 6.45) is 1.41. The van der Waals surface area contributed by atoms with Crippen LogP contribution >= 0.6 is 11.8 Å². The van der Waals surface area contributed by atoms with Gasteiger partial charge in [-0.1, -0.05) is 11.8 Å². The Morgan fingerprint density at radius 1 is 1.42 bits per heavy atom. The SMILES string of the molecule is Cc1c(C(=O)Nc2ccc(F)cc2)cnc2nc(SCC#N)nn12. The number of rotatable bonds is 4. The predicted molar refractivity (Wildman–Crippen MR) is 86.2 cm³/mol. The first-order valence-corrected chi connectivity index (χ1v) is 7.86. The highest BCUT2D eigenvalue weighted by atomic mass is 32.2. The van der Waals surface area contributed by atoms with E-state index < -0.39 is 0 Å². The Morgan fingerprint density at radius 3 is 2.88 bits per heavy atom. The van der Waals surface area contributed by atoms with E-state index in [9.17, 15) is 9.18 Å². The quantitative estimate of drug-likeness (QED) is 0.732. The maximum atomic E-state index is 12.9. The van der Waals surface area contributed by atoms with E-state index in [1.165, 1.54) is 46.7 Å². The summed E-state index contributed by atoms with van der Waals surface area (Å²) in [4.78, 5) is 20.7. The molecule has 9 heteroatoms. The number of nitrogens with one attached hydrogen (secondary N) is 1. The van der Waals surface area contributed by atoms with Crippen LogP contribution < -0.4 is 5.32 Å². The van der Waals surface area contributed by atoms with Crippen LogP contribution in [-0.4, -0.2) is 31.2 Å². The summed E-state index contributed by atoms with van der Waals surface area (Å²) in [6.45, 7) is 1.72. The van der Waals surface area contributed by atoms with Gasteiger partial charge in [0.25, 0.3) is 11.7 Å². The summed E-state index contributed by atoms with van der Waals surface area (Å²) in [6, 6.07) is 7.47. The molecule has 0 radical (unpaired) electrons. The van der Waals surface area contributed by atoms with Gasteiger partial charge in [-0.2, -0.15) is 14.8 Å². The first-order valence-electron chi connectivity index (χ1n) is 6.87. The number of amides is 1. The number of hydrogen-bond acceptors (Lipinski definition) is 6. The average Bonchev–Trinajstić information content (AvgIpc) is 2.99. The molecule has 0 fully saturated rings. The van der Waals surface area contributed by atoms with Crippen LogP contribution in [0.1, 0.15) is 16.1 Å². The lowest BCUT2D eigenvalue weighted by Crippen LogP contribution is -2.16. The van der Waals surface area contributed by atoms with E-state index in [1.807, 2.05) is 6.07 Å². The van der Waals surface area contributed by atoms with E-state index in [2.05, 4.69) is 20.4 Å². The van der Waals surface area contributed by atoms with Crippen LogP contribution in [0.25, 0.3) is 5.78 Å². The topological polar surface area (TPSA) is 96.0 Å². The Kier molecular flexibility index (Phi) is 4.39. The maximum absolute atomic E-state index is 12.9. The van der Waals surface area contributed by atoms with Crippen molar-refractivity contribution < 1.29 is 9.18 Å². The molecule has 0 atom stereocenters. The highest BCUT2D eigenvalue weighted by Gasteiger charge is 2.15. The van der Waals surface area contributed by atoms with Gasteiger partial charge in [-0.05, 0) is 31.2 Å². The number of aromatic nitrogens is 4. The summed E-state index contributed by atoms with van der Waals surface area (Å²) in [5, 5.41) is 15.9. The molecule has 0 aliphatic rings. The molecule has 3 rings (SSSR count). The van der Waals surface area contributed by atoms with Crippen molar-refractivity contribution in [3.63, 3.8) is 0 Å². The summed E-state index contributed by atoms with van der Waals surface area (Å²) in [5.74, 6) is -0.174. The fourth-order valence-electron chi connectivity index (χ4n) is 2.04. The Bertz CT molecular complexity index is 947. The first-order chi connectivity index (χ1) is 11.6. The van der Waals surface area contributed by atoms with Gasteiger partial charge >= 0.3 is 0 Å². The van der Waals surface area contributed by atoms with Gasteiger partial charge in [0.1, 0.15) is 5.82 Å². The molecule has 2 aromatic heterocycles. The zero-order chi connectivity index (χ0) is 17.1. The van der Waals surface area contributed by atoms with Gasteiger partial charge in [0, 0.05) is 11.9 Å². The predicted octanol–water partition coefficient (Wildman–Crippen LogP) is 2.44. The number of anilines is 1. The smallest absolute Gasteiger partial charge is 0.259 e. The number of carbonyl (C=O) groups excluding carboxylic acids is 1. The molecule has 120 valence electrons. The number of carbonyl (C=O) groups is 1. The Hall–Kier alpha value is -2.99. The highest BCUT2D eigenvalue weighted by Crippen LogP contribution is 2.17. The number of aryl methyl sites for hydroxylation is 1. The lowest BCUT2D eigenvalue weighted by molar-refractivity contribution is 0.102. The van der Waals surface area contributed by atoms with E-state index in [0.717, 1.165) is 0 Å². The Labute approximate surface area is 140 Å². The summed E-state index contributed by atoms with van der Waals surface area (Å²) in [7, 11) is 0. The molecule has 24 heavy (non-hydrogen) atoms. The standard InChI is InChI=1S/C15H11FN6OS/c1-9-12(13(23)19-11-4-2-10(16)3-5-11)8-18-14-20-15(21-22(9)14)24-7-6-17/h2-5,8H,7H2,1H3,(H,19,23). The molecule has 0 unspecified atom stereocenters. The summed E-state index contributed by atoms with van der Waals surface area (Å²) >= 11 is 1.19. The molecule has 1 aromatic carbocycles. The van der Waals surface area contributed by atoms with E-state index in [-0.39, 0.29) is 17.5 Å². The number of nitriles is 1. The summed E-state index contributed by atoms with van der Waals surface area (Å²) < 4.78 is 14.4. The summed E-state index contributed by atoms with van der Waals surface area (Å²) in [5.41, 5.74) is 1.37. The van der Waals surface area contributed by atoms with E-state index in [4.69, 9.17) is 5.26 Å². The Morgan fingerprint density at radius 2 is 2.17 bits per heavy atom. The van der Waals surface area contributed by atoms with Crippen LogP contribution in [0.15, 0.2) is 35.6 Å². The molecule has 0 bridgehead atoms. The fraction of sp³-hybridized carbons (Fsp3) is 0.133. The normalized spacial score (nSPS) is 10.5. The number of halogens is 1. The van der Waals surface area contributed by atoms with Crippen molar-refractivity contribution in [2.24, 2.45) is 0 Å². The lowest BCUT2D eigenvalue weighted by Gasteiger charge is -2.08. The zero-order valence-corrected chi connectivity index (χ0v) is 13.3. The van der Waals surface area contributed by atoms with E-state index in [0.29, 0.717) is 27.9 Å². The average molecular weight is 342 g/mol.